The molecule has 0 saturated carbocycles. The second kappa shape index (κ2) is 12.5. The number of esters is 1. The number of hydrogen-bond donors (Lipinski definition) is 1. The SMILES string of the molecule is C=C[C@H](C#CC#C[C@@H](O)[C@H]1O[C@@H]1CCCCCCC)OC(=O)c1ccc(Br)cc1. The third-order valence-corrected chi connectivity index (χ3v) is 5.08. The van der Waals surface area contributed by atoms with Crippen LogP contribution < -0.4 is 0 Å². The topological polar surface area (TPSA) is 59.1 Å². The standard InChI is InChI=1S/C24H27BrO4/c1-3-5-6-7-8-13-22-23(29-22)21(26)12-10-9-11-20(4-2)28-24(27)18-14-16-19(25)17-15-18/h4,14-17,20-23,26H,2-3,5-8,13H2,1H3/t20-,21-,22-,23-/m1/s1. The lowest BCUT2D eigenvalue weighted by Crippen LogP contribution is -2.14. The molecule has 0 bridgehead atoms. The molecule has 1 aromatic rings. The number of rotatable bonds is 10. The quantitative estimate of drug-likeness (QED) is 0.182. The highest BCUT2D eigenvalue weighted by atomic mass is 79.9. The second-order valence-electron chi connectivity index (χ2n) is 6.89. The van der Waals surface area contributed by atoms with E-state index in [4.69, 9.17) is 9.47 Å². The molecule has 1 saturated heterocycles. The molecule has 29 heavy (non-hydrogen) atoms. The normalized spacial score (nSPS) is 19.0. The lowest BCUT2D eigenvalue weighted by Gasteiger charge is -2.07. The predicted octanol–water partition coefficient (Wildman–Crippen LogP) is 4.66. The lowest BCUT2D eigenvalue weighted by molar-refractivity contribution is 0.0475. The highest BCUT2D eigenvalue weighted by Gasteiger charge is 2.43. The van der Waals surface area contributed by atoms with Gasteiger partial charge in [-0.25, -0.2) is 4.79 Å². The molecule has 2 rings (SSSR count). The summed E-state index contributed by atoms with van der Waals surface area (Å²) < 4.78 is 11.7. The van der Waals surface area contributed by atoms with Crippen LogP contribution in [0.4, 0.5) is 0 Å². The second-order valence-corrected chi connectivity index (χ2v) is 7.81. The Hall–Kier alpha value is -2.05. The summed E-state index contributed by atoms with van der Waals surface area (Å²) in [4.78, 5) is 12.1. The number of epoxide rings is 1. The fourth-order valence-corrected chi connectivity index (χ4v) is 3.09. The van der Waals surface area contributed by atoms with Crippen molar-refractivity contribution in [2.75, 3.05) is 0 Å². The number of ether oxygens (including phenoxy) is 2. The average Bonchev–Trinajstić information content (AvgIpc) is 3.50. The molecular weight excluding hydrogens is 432 g/mol. The number of aliphatic hydroxyl groups is 1. The molecular formula is C24H27BrO4. The molecule has 0 aliphatic carbocycles. The Morgan fingerprint density at radius 2 is 1.93 bits per heavy atom. The Bertz CT molecular complexity index is 794. The van der Waals surface area contributed by atoms with E-state index in [9.17, 15) is 9.90 Å². The van der Waals surface area contributed by atoms with Gasteiger partial charge in [0.05, 0.1) is 11.7 Å². The minimum absolute atomic E-state index is 0.0988. The Morgan fingerprint density at radius 3 is 2.62 bits per heavy atom. The monoisotopic (exact) mass is 458 g/mol. The van der Waals surface area contributed by atoms with Gasteiger partial charge in [0.2, 0.25) is 0 Å². The van der Waals surface area contributed by atoms with Gasteiger partial charge < -0.3 is 14.6 Å². The summed E-state index contributed by atoms with van der Waals surface area (Å²) in [5.41, 5.74) is 0.426. The zero-order valence-corrected chi connectivity index (χ0v) is 18.3. The molecule has 4 nitrogen and oxygen atoms in total. The Labute approximate surface area is 181 Å². The van der Waals surface area contributed by atoms with Crippen molar-refractivity contribution in [1.82, 2.24) is 0 Å². The van der Waals surface area contributed by atoms with E-state index in [2.05, 4.69) is 53.1 Å². The van der Waals surface area contributed by atoms with Crippen molar-refractivity contribution in [2.45, 2.75) is 69.9 Å². The zero-order chi connectivity index (χ0) is 21.1. The van der Waals surface area contributed by atoms with Crippen LogP contribution in [0.25, 0.3) is 0 Å². The Morgan fingerprint density at radius 1 is 1.24 bits per heavy atom. The van der Waals surface area contributed by atoms with Crippen molar-refractivity contribution in [1.29, 1.82) is 0 Å². The van der Waals surface area contributed by atoms with Gasteiger partial charge in [0.1, 0.15) is 12.2 Å². The van der Waals surface area contributed by atoms with E-state index in [1.165, 1.54) is 31.8 Å². The number of hydrogen-bond acceptors (Lipinski definition) is 4. The maximum atomic E-state index is 12.1. The minimum Gasteiger partial charge on any atom is -0.441 e. The van der Waals surface area contributed by atoms with Gasteiger partial charge in [-0.2, -0.15) is 0 Å². The summed E-state index contributed by atoms with van der Waals surface area (Å²) in [5.74, 6) is 10.1. The number of benzene rings is 1. The average molecular weight is 459 g/mol. The van der Waals surface area contributed by atoms with Gasteiger partial charge in [-0.15, -0.1) is 0 Å². The van der Waals surface area contributed by atoms with Gasteiger partial charge in [0, 0.05) is 4.47 Å². The fourth-order valence-electron chi connectivity index (χ4n) is 2.82. The summed E-state index contributed by atoms with van der Waals surface area (Å²) in [7, 11) is 0. The van der Waals surface area contributed by atoms with Crippen LogP contribution in [-0.2, 0) is 9.47 Å². The summed E-state index contributed by atoms with van der Waals surface area (Å²) >= 11 is 3.32. The van der Waals surface area contributed by atoms with E-state index in [0.29, 0.717) is 5.56 Å². The van der Waals surface area contributed by atoms with Crippen molar-refractivity contribution in [3.05, 3.63) is 47.0 Å². The van der Waals surface area contributed by atoms with E-state index < -0.39 is 18.2 Å². The first kappa shape index (κ1) is 23.2. The highest BCUT2D eigenvalue weighted by molar-refractivity contribution is 9.10. The third-order valence-electron chi connectivity index (χ3n) is 4.55. The van der Waals surface area contributed by atoms with Crippen molar-refractivity contribution in [3.8, 4) is 23.7 Å². The molecule has 0 amide bonds. The lowest BCUT2D eigenvalue weighted by atomic mass is 10.1. The third kappa shape index (κ3) is 8.46. The molecule has 1 fully saturated rings. The Kier molecular flexibility index (Phi) is 10.0. The van der Waals surface area contributed by atoms with Crippen molar-refractivity contribution in [2.24, 2.45) is 0 Å². The molecule has 154 valence electrons. The van der Waals surface area contributed by atoms with E-state index in [0.717, 1.165) is 17.3 Å². The van der Waals surface area contributed by atoms with Gasteiger partial charge in [-0.3, -0.25) is 0 Å². The number of halogens is 1. The maximum Gasteiger partial charge on any atom is 0.339 e. The fraction of sp³-hybridized carbons (Fsp3) is 0.458. The van der Waals surface area contributed by atoms with Gasteiger partial charge >= 0.3 is 5.97 Å². The van der Waals surface area contributed by atoms with Crippen LogP contribution in [0.2, 0.25) is 0 Å². The van der Waals surface area contributed by atoms with Crippen LogP contribution in [0.15, 0.2) is 41.4 Å². The van der Waals surface area contributed by atoms with Crippen LogP contribution in [0, 0.1) is 23.7 Å². The van der Waals surface area contributed by atoms with Gasteiger partial charge in [0.15, 0.2) is 6.10 Å². The van der Waals surface area contributed by atoms with Crippen LogP contribution >= 0.6 is 15.9 Å². The van der Waals surface area contributed by atoms with Crippen LogP contribution in [0.5, 0.6) is 0 Å². The van der Waals surface area contributed by atoms with Gasteiger partial charge in [0.25, 0.3) is 0 Å². The largest absolute Gasteiger partial charge is 0.441 e. The maximum absolute atomic E-state index is 12.1. The van der Waals surface area contributed by atoms with Crippen molar-refractivity contribution in [3.63, 3.8) is 0 Å². The zero-order valence-electron chi connectivity index (χ0n) is 16.7. The molecule has 0 unspecified atom stereocenters. The summed E-state index contributed by atoms with van der Waals surface area (Å²) in [6.07, 6.45) is 6.72. The molecule has 5 heteroatoms. The summed E-state index contributed by atoms with van der Waals surface area (Å²) in [6, 6.07) is 6.84. The number of unbranched alkanes of at least 4 members (excludes halogenated alkanes) is 4. The van der Waals surface area contributed by atoms with E-state index in [1.807, 2.05) is 0 Å². The number of aliphatic hydroxyl groups excluding tert-OH is 1. The number of carbonyl (C=O) groups is 1. The molecule has 1 heterocycles. The molecule has 1 aromatic carbocycles. The number of carbonyl (C=O) groups excluding carboxylic acids is 1. The summed E-state index contributed by atoms with van der Waals surface area (Å²) in [6.45, 7) is 5.82. The van der Waals surface area contributed by atoms with Gasteiger partial charge in [-0.05, 0) is 54.5 Å². The first-order chi connectivity index (χ1) is 14.0. The van der Waals surface area contributed by atoms with Crippen LogP contribution in [-0.4, -0.2) is 35.5 Å². The molecule has 4 atom stereocenters. The first-order valence-corrected chi connectivity index (χ1v) is 10.8. The summed E-state index contributed by atoms with van der Waals surface area (Å²) in [5, 5.41) is 10.1. The van der Waals surface area contributed by atoms with Gasteiger partial charge in [-0.1, -0.05) is 67.5 Å². The predicted molar refractivity (Wildman–Crippen MR) is 117 cm³/mol. The Balaban J connectivity index is 1.75. The molecule has 1 N–H and O–H groups in total. The first-order valence-electron chi connectivity index (χ1n) is 9.98. The molecule has 1 aliphatic rings. The molecule has 0 radical (unpaired) electrons. The highest BCUT2D eigenvalue weighted by Crippen LogP contribution is 2.30. The van der Waals surface area contributed by atoms with E-state index >= 15 is 0 Å². The van der Waals surface area contributed by atoms with E-state index in [-0.39, 0.29) is 12.2 Å². The van der Waals surface area contributed by atoms with Crippen LogP contribution in [0.3, 0.4) is 0 Å². The van der Waals surface area contributed by atoms with E-state index in [1.54, 1.807) is 24.3 Å². The molecule has 0 spiro atoms. The van der Waals surface area contributed by atoms with Crippen LogP contribution in [0.1, 0.15) is 55.8 Å². The van der Waals surface area contributed by atoms with Crippen molar-refractivity contribution < 1.29 is 19.4 Å². The minimum atomic E-state index is -0.850. The van der Waals surface area contributed by atoms with Crippen molar-refractivity contribution >= 4 is 21.9 Å². The molecule has 1 aliphatic heterocycles. The smallest absolute Gasteiger partial charge is 0.339 e. The molecule has 0 aromatic heterocycles.